The summed E-state index contributed by atoms with van der Waals surface area (Å²) >= 11 is 0. The SMILES string of the molecule is Cc1[c-]c(-c2ncccc2F)ccc1.Cc1c(-c2ccccn2)[c-]ccc1F.Cc1ccc(F)nc1-c1[c-]c(F)ccc1F.Cc1cnc(-c2[c-]c(F)ccc2)c(F)c1.Fc1cc[c-]c(-c2ccccn2)c1.Fc1ccc(F)c(-c2[c-]cccc2)n1.Fc1cccnc1-c1[c-]cccc1.[Ir].[Ir].[Ir].[Ir].[Ir].[Ir].[Ir].[Ir].[Ir].[c-]1ccc(-c2ccccc2)cc1-c1ccccn1.[c-]1ccccc1-c1ccccn1. The van der Waals surface area contributed by atoms with Crippen molar-refractivity contribution in [2.24, 2.45) is 0 Å². The van der Waals surface area contributed by atoms with Crippen molar-refractivity contribution in [3.63, 3.8) is 0 Å². The molecule has 0 saturated heterocycles. The Morgan fingerprint density at radius 3 is 1.17 bits per heavy atom. The zero-order chi connectivity index (χ0) is 91.1. The topological polar surface area (TPSA) is 116 Å². The second-order valence-electron chi connectivity index (χ2n) is 27.3. The second kappa shape index (κ2) is 66.3. The van der Waals surface area contributed by atoms with E-state index in [1.165, 1.54) is 71.9 Å². The average molecular weight is 3450 g/mol. The van der Waals surface area contributed by atoms with Crippen LogP contribution >= 0.6 is 0 Å². The van der Waals surface area contributed by atoms with Crippen LogP contribution in [-0.2, 0) is 181 Å². The van der Waals surface area contributed by atoms with Crippen molar-refractivity contribution in [1.29, 1.82) is 0 Å². The molecule has 0 saturated carbocycles. The summed E-state index contributed by atoms with van der Waals surface area (Å²) in [6, 6.07) is 118. The average Bonchev–Trinajstić information content (AvgIpc) is 0.830. The van der Waals surface area contributed by atoms with Crippen LogP contribution in [0.3, 0.4) is 0 Å². The Morgan fingerprint density at radius 1 is 0.232 bits per heavy atom. The van der Waals surface area contributed by atoms with E-state index >= 15 is 0 Å². The first-order valence-electron chi connectivity index (χ1n) is 39.5. The monoisotopic (exact) mass is 3450 g/mol. The van der Waals surface area contributed by atoms with Crippen LogP contribution < -0.4 is 0 Å². The van der Waals surface area contributed by atoms with E-state index in [1.54, 1.807) is 131 Å². The number of aromatic nitrogens is 9. The van der Waals surface area contributed by atoms with Gasteiger partial charge in [-0.1, -0.05) is 115 Å². The molecular formula is C109H73F11Ir9N9-9. The molecule has 721 valence electrons. The Bertz CT molecular complexity index is 6550. The van der Waals surface area contributed by atoms with Gasteiger partial charge in [0.05, 0.1) is 0 Å². The molecule has 10 aromatic carbocycles. The summed E-state index contributed by atoms with van der Waals surface area (Å²) in [7, 11) is 0. The van der Waals surface area contributed by atoms with Crippen molar-refractivity contribution < 1.29 is 229 Å². The quantitative estimate of drug-likeness (QED) is 0.0750. The summed E-state index contributed by atoms with van der Waals surface area (Å²) in [5.74, 6) is -5.45. The normalized spacial score (nSPS) is 9.47. The van der Waals surface area contributed by atoms with Crippen LogP contribution in [0.2, 0.25) is 0 Å². The van der Waals surface area contributed by atoms with E-state index in [2.05, 4.69) is 124 Å². The molecule has 0 aliphatic heterocycles. The van der Waals surface area contributed by atoms with Crippen LogP contribution in [0.5, 0.6) is 0 Å². The molecule has 19 aromatic rings. The molecule has 9 radical (unpaired) electrons. The van der Waals surface area contributed by atoms with Crippen molar-refractivity contribution in [2.45, 2.75) is 27.7 Å². The van der Waals surface area contributed by atoms with Gasteiger partial charge in [-0.3, -0.25) is 14.4 Å². The maximum atomic E-state index is 13.5. The molecule has 0 fully saturated rings. The van der Waals surface area contributed by atoms with Gasteiger partial charge in [-0.15, -0.1) is 280 Å². The van der Waals surface area contributed by atoms with Gasteiger partial charge in [0.2, 0.25) is 11.9 Å². The molecule has 0 spiro atoms. The number of hydrogen-bond donors (Lipinski definition) is 0. The number of hydrogen-bond acceptors (Lipinski definition) is 9. The van der Waals surface area contributed by atoms with E-state index in [0.717, 1.165) is 80.9 Å². The molecule has 29 heteroatoms. The second-order valence-corrected chi connectivity index (χ2v) is 27.3. The maximum Gasteiger partial charge on any atom is 0.204 e. The fraction of sp³-hybridized carbons (Fsp3) is 0.0367. The Hall–Kier alpha value is -10.4. The van der Waals surface area contributed by atoms with Crippen molar-refractivity contribution in [3.05, 3.63) is 512 Å². The molecule has 138 heavy (non-hydrogen) atoms. The molecule has 19 rings (SSSR count). The number of pyridine rings is 9. The van der Waals surface area contributed by atoms with E-state index in [-0.39, 0.29) is 227 Å². The van der Waals surface area contributed by atoms with Crippen molar-refractivity contribution in [3.8, 4) is 112 Å². The number of rotatable bonds is 10. The molecule has 9 heterocycles. The van der Waals surface area contributed by atoms with E-state index in [0.29, 0.717) is 50.3 Å². The van der Waals surface area contributed by atoms with Gasteiger partial charge in [-0.05, 0) is 126 Å². The van der Waals surface area contributed by atoms with Gasteiger partial charge in [0, 0.05) is 276 Å². The van der Waals surface area contributed by atoms with Gasteiger partial charge in [0.15, 0.2) is 0 Å². The first-order chi connectivity index (χ1) is 62.7. The van der Waals surface area contributed by atoms with Gasteiger partial charge in [0.1, 0.15) is 23.3 Å². The van der Waals surface area contributed by atoms with E-state index in [4.69, 9.17) is 0 Å². The molecule has 0 aliphatic rings. The van der Waals surface area contributed by atoms with Crippen LogP contribution in [0.1, 0.15) is 22.3 Å². The summed E-state index contributed by atoms with van der Waals surface area (Å²) in [5.41, 5.74) is 15.0. The number of benzene rings is 10. The van der Waals surface area contributed by atoms with E-state index in [9.17, 15) is 48.3 Å². The summed E-state index contributed by atoms with van der Waals surface area (Å²) in [6.07, 6.45) is 11.6. The van der Waals surface area contributed by atoms with Gasteiger partial charge in [-0.25, -0.2) is 35.1 Å². The third-order valence-electron chi connectivity index (χ3n) is 17.9. The Morgan fingerprint density at radius 2 is 0.659 bits per heavy atom. The Labute approximate surface area is 916 Å². The van der Waals surface area contributed by atoms with Gasteiger partial charge >= 0.3 is 0 Å². The van der Waals surface area contributed by atoms with Gasteiger partial charge < -0.3 is 34.9 Å². The van der Waals surface area contributed by atoms with Crippen molar-refractivity contribution >= 4 is 0 Å². The number of halogens is 11. The molecule has 0 amide bonds. The first kappa shape index (κ1) is 124. The fourth-order valence-corrected chi connectivity index (χ4v) is 11.7. The van der Waals surface area contributed by atoms with Crippen molar-refractivity contribution in [2.75, 3.05) is 0 Å². The van der Waals surface area contributed by atoms with Gasteiger partial charge in [-0.2, -0.15) is 8.78 Å². The zero-order valence-corrected chi connectivity index (χ0v) is 94.0. The maximum absolute atomic E-state index is 13.5. The van der Waals surface area contributed by atoms with E-state index < -0.39 is 41.0 Å². The minimum atomic E-state index is -0.738. The molecule has 0 N–H and O–H groups in total. The molecule has 0 unspecified atom stereocenters. The summed E-state index contributed by atoms with van der Waals surface area (Å²) in [4.78, 5) is 35.7. The summed E-state index contributed by atoms with van der Waals surface area (Å²) in [6.45, 7) is 7.04. The third kappa shape index (κ3) is 39.7. The first-order valence-corrected chi connectivity index (χ1v) is 39.5. The standard InChI is InChI=1S/C17H12N.C12H7F3N.C12H8F2N.2C12H9FN.C11H6F2N.2C11H7FN.C11H8N.9Ir/c1-2-7-14(8-3-1)15-9-6-10-16(13-15)17-11-4-5-12-18-17;1-7-2-5-11(15)16-12(7)9-6-8(13)3-4-10(9)14;1-8-5-11(14)12(15-7-8)9-3-2-4-10(13)6-9;1-9-4-2-5-10(8-9)12-11(13)6-3-7-14-12;1-9-10(5-4-6-11(9)13)12-7-2-3-8-14-12;12-9-6-7-10(13)14-11(9)8-4-2-1-3-5-8;12-10-5-3-4-9(8-10)11-6-1-2-7-13-11;12-10-7-4-8-13-11(10)9-5-2-1-3-6-9;1-2-6-10(7-3-1)11-8-4-5-9-12-11;;;;;;;;;/h1-9,11-13H;2-5H,1H3;2-5,7H,1H3;2-7H,1H3;2-4,6-8H,1H3;1-4,6-7H;1-3,5-8H;1-5,7-8H;1-6,8-9H;;;;;;;;;/q9*-1;;;;;;;;;. The molecule has 0 atom stereocenters. The molecule has 9 nitrogen and oxygen atoms in total. The molecule has 0 aliphatic carbocycles. The smallest absolute Gasteiger partial charge is 0.204 e. The minimum absolute atomic E-state index is 0. The summed E-state index contributed by atoms with van der Waals surface area (Å²) < 4.78 is 144. The zero-order valence-electron chi connectivity index (χ0n) is 72.4. The van der Waals surface area contributed by atoms with Crippen LogP contribution in [0.15, 0.2) is 371 Å². The molecular weight excluding hydrogens is 3370 g/mol. The number of aryl methyl sites for hydroxylation is 3. The van der Waals surface area contributed by atoms with Crippen LogP contribution in [-0.4, -0.2) is 44.9 Å². The molecule has 0 bridgehead atoms. The van der Waals surface area contributed by atoms with Crippen LogP contribution in [0.25, 0.3) is 112 Å². The predicted octanol–water partition coefficient (Wildman–Crippen LogP) is 27.3. The minimum Gasteiger partial charge on any atom is -0.305 e. The Kier molecular flexibility index (Phi) is 59.4. The van der Waals surface area contributed by atoms with Gasteiger partial charge in [0.25, 0.3) is 0 Å². The van der Waals surface area contributed by atoms with Crippen LogP contribution in [0, 0.1) is 147 Å². The Balaban J connectivity index is 0.000000522. The number of nitrogens with zero attached hydrogens (tertiary/aromatic N) is 9. The van der Waals surface area contributed by atoms with E-state index in [1.807, 2.05) is 153 Å². The summed E-state index contributed by atoms with van der Waals surface area (Å²) in [5, 5.41) is 0. The van der Waals surface area contributed by atoms with Crippen molar-refractivity contribution in [1.82, 2.24) is 44.9 Å². The third-order valence-corrected chi connectivity index (χ3v) is 17.9. The van der Waals surface area contributed by atoms with Crippen LogP contribution in [0.4, 0.5) is 48.3 Å². The fourth-order valence-electron chi connectivity index (χ4n) is 11.7. The largest absolute Gasteiger partial charge is 0.305 e. The molecule has 9 aromatic heterocycles. The predicted molar refractivity (Wildman–Crippen MR) is 481 cm³/mol.